The molecular formula is C14H26N4. The molecule has 0 amide bonds. The Morgan fingerprint density at radius 1 is 1.50 bits per heavy atom. The molecule has 2 unspecified atom stereocenters. The highest BCUT2D eigenvalue weighted by Crippen LogP contribution is 2.36. The summed E-state index contributed by atoms with van der Waals surface area (Å²) in [5.74, 6) is 0.682. The molecule has 1 aliphatic rings. The van der Waals surface area contributed by atoms with Gasteiger partial charge in [-0.2, -0.15) is 0 Å². The number of nitrogens with one attached hydrogen (secondary N) is 1. The molecule has 2 rings (SSSR count). The van der Waals surface area contributed by atoms with E-state index in [9.17, 15) is 0 Å². The first kappa shape index (κ1) is 13.6. The monoisotopic (exact) mass is 250 g/mol. The van der Waals surface area contributed by atoms with Gasteiger partial charge in [-0.25, -0.2) is 4.98 Å². The largest absolute Gasteiger partial charge is 0.336 e. The van der Waals surface area contributed by atoms with Gasteiger partial charge >= 0.3 is 0 Å². The van der Waals surface area contributed by atoms with Crippen LogP contribution in [-0.4, -0.2) is 40.6 Å². The maximum Gasteiger partial charge on any atom is 0.0946 e. The van der Waals surface area contributed by atoms with Crippen LogP contribution in [0, 0.1) is 5.92 Å². The Kier molecular flexibility index (Phi) is 4.40. The number of piperidine rings is 1. The number of rotatable bonds is 4. The van der Waals surface area contributed by atoms with E-state index in [1.807, 2.05) is 12.5 Å². The maximum absolute atomic E-state index is 4.30. The van der Waals surface area contributed by atoms with Gasteiger partial charge in [0.15, 0.2) is 0 Å². The van der Waals surface area contributed by atoms with Gasteiger partial charge in [-0.3, -0.25) is 4.90 Å². The molecule has 0 bridgehead atoms. The van der Waals surface area contributed by atoms with Crippen molar-refractivity contribution in [3.05, 3.63) is 18.2 Å². The molecule has 0 aliphatic carbocycles. The molecule has 1 fully saturated rings. The lowest BCUT2D eigenvalue weighted by Crippen LogP contribution is -2.45. The predicted molar refractivity (Wildman–Crippen MR) is 74.4 cm³/mol. The molecule has 4 nitrogen and oxygen atoms in total. The first-order chi connectivity index (χ1) is 8.65. The third-order valence-electron chi connectivity index (χ3n) is 4.08. The molecule has 1 N–H and O–H groups in total. The zero-order valence-corrected chi connectivity index (χ0v) is 12.1. The highest BCUT2D eigenvalue weighted by atomic mass is 15.2. The summed E-state index contributed by atoms with van der Waals surface area (Å²) >= 11 is 0. The van der Waals surface area contributed by atoms with E-state index in [1.54, 1.807) is 0 Å². The molecule has 0 radical (unpaired) electrons. The van der Waals surface area contributed by atoms with Gasteiger partial charge in [0.05, 0.1) is 18.1 Å². The van der Waals surface area contributed by atoms with Gasteiger partial charge in [-0.1, -0.05) is 0 Å². The SMILES string of the molecule is CNCC1CCCN(C(C)C)C1c1cncn1C. The van der Waals surface area contributed by atoms with Crippen LogP contribution in [0.1, 0.15) is 38.4 Å². The highest BCUT2D eigenvalue weighted by Gasteiger charge is 2.34. The number of aryl methyl sites for hydroxylation is 1. The van der Waals surface area contributed by atoms with Crippen LogP contribution < -0.4 is 5.32 Å². The van der Waals surface area contributed by atoms with Crippen LogP contribution in [0.15, 0.2) is 12.5 Å². The predicted octanol–water partition coefficient (Wildman–Crippen LogP) is 1.80. The van der Waals surface area contributed by atoms with E-state index in [2.05, 4.69) is 47.7 Å². The molecular weight excluding hydrogens is 224 g/mol. The van der Waals surface area contributed by atoms with Crippen LogP contribution in [-0.2, 0) is 7.05 Å². The average molecular weight is 250 g/mol. The first-order valence-electron chi connectivity index (χ1n) is 7.01. The third kappa shape index (κ3) is 2.59. The van der Waals surface area contributed by atoms with Gasteiger partial charge < -0.3 is 9.88 Å². The van der Waals surface area contributed by atoms with Crippen LogP contribution >= 0.6 is 0 Å². The van der Waals surface area contributed by atoms with Crippen LogP contribution in [0.25, 0.3) is 0 Å². The van der Waals surface area contributed by atoms with Gasteiger partial charge in [0.25, 0.3) is 0 Å². The van der Waals surface area contributed by atoms with Crippen molar-refractivity contribution in [1.82, 2.24) is 19.8 Å². The van der Waals surface area contributed by atoms with Crippen LogP contribution in [0.4, 0.5) is 0 Å². The summed E-state index contributed by atoms with van der Waals surface area (Å²) in [5, 5.41) is 3.35. The normalized spacial score (nSPS) is 25.8. The Bertz CT molecular complexity index is 370. The molecule has 0 spiro atoms. The summed E-state index contributed by atoms with van der Waals surface area (Å²) in [5.41, 5.74) is 1.35. The van der Waals surface area contributed by atoms with E-state index >= 15 is 0 Å². The van der Waals surface area contributed by atoms with E-state index < -0.39 is 0 Å². The fourth-order valence-corrected chi connectivity index (χ4v) is 3.22. The zero-order chi connectivity index (χ0) is 13.1. The smallest absolute Gasteiger partial charge is 0.0946 e. The summed E-state index contributed by atoms with van der Waals surface area (Å²) < 4.78 is 2.17. The van der Waals surface area contributed by atoms with Gasteiger partial charge in [-0.15, -0.1) is 0 Å². The molecule has 0 saturated carbocycles. The Balaban J connectivity index is 2.29. The lowest BCUT2D eigenvalue weighted by Gasteiger charge is -2.43. The first-order valence-corrected chi connectivity index (χ1v) is 7.01. The highest BCUT2D eigenvalue weighted by molar-refractivity contribution is 5.09. The summed E-state index contributed by atoms with van der Waals surface area (Å²) in [6, 6.07) is 1.09. The van der Waals surface area contributed by atoms with E-state index in [-0.39, 0.29) is 0 Å². The Hall–Kier alpha value is -0.870. The van der Waals surface area contributed by atoms with Gasteiger partial charge in [0.1, 0.15) is 0 Å². The van der Waals surface area contributed by atoms with E-state index in [1.165, 1.54) is 25.1 Å². The Labute approximate surface area is 110 Å². The summed E-state index contributed by atoms with van der Waals surface area (Å²) in [6.07, 6.45) is 6.56. The second kappa shape index (κ2) is 5.85. The minimum atomic E-state index is 0.499. The Morgan fingerprint density at radius 3 is 2.83 bits per heavy atom. The minimum absolute atomic E-state index is 0.499. The van der Waals surface area contributed by atoms with Crippen LogP contribution in [0.2, 0.25) is 0 Å². The standard InChI is InChI=1S/C14H26N4/c1-11(2)18-7-5-6-12(8-15-3)14(18)13-9-16-10-17(13)4/h9-12,14-15H,5-8H2,1-4H3. The van der Waals surface area contributed by atoms with Crippen molar-refractivity contribution in [2.45, 2.75) is 38.8 Å². The fraction of sp³-hybridized carbons (Fsp3) is 0.786. The quantitative estimate of drug-likeness (QED) is 0.884. The zero-order valence-electron chi connectivity index (χ0n) is 12.1. The number of nitrogens with zero attached hydrogens (tertiary/aromatic N) is 3. The van der Waals surface area contributed by atoms with Crippen molar-refractivity contribution in [1.29, 1.82) is 0 Å². The topological polar surface area (TPSA) is 33.1 Å². The molecule has 102 valence electrons. The minimum Gasteiger partial charge on any atom is -0.336 e. The lowest BCUT2D eigenvalue weighted by atomic mass is 9.86. The van der Waals surface area contributed by atoms with E-state index in [0.717, 1.165) is 6.54 Å². The number of likely N-dealkylation sites (tertiary alicyclic amines) is 1. The molecule has 1 aromatic rings. The molecule has 0 aromatic carbocycles. The number of imidazole rings is 1. The van der Waals surface area contributed by atoms with Crippen molar-refractivity contribution in [3.63, 3.8) is 0 Å². The van der Waals surface area contributed by atoms with Crippen molar-refractivity contribution >= 4 is 0 Å². The number of aromatic nitrogens is 2. The molecule has 2 atom stereocenters. The van der Waals surface area contributed by atoms with Crippen LogP contribution in [0.3, 0.4) is 0 Å². The molecule has 1 aromatic heterocycles. The molecule has 4 heteroatoms. The molecule has 1 aliphatic heterocycles. The third-order valence-corrected chi connectivity index (χ3v) is 4.08. The summed E-state index contributed by atoms with van der Waals surface area (Å²) in [4.78, 5) is 6.93. The van der Waals surface area contributed by atoms with Gasteiger partial charge in [0, 0.05) is 19.3 Å². The van der Waals surface area contributed by atoms with Crippen molar-refractivity contribution in [3.8, 4) is 0 Å². The fourth-order valence-electron chi connectivity index (χ4n) is 3.22. The van der Waals surface area contributed by atoms with Crippen molar-refractivity contribution < 1.29 is 0 Å². The van der Waals surface area contributed by atoms with Crippen LogP contribution in [0.5, 0.6) is 0 Å². The molecule has 2 heterocycles. The average Bonchev–Trinajstić information content (AvgIpc) is 2.75. The lowest BCUT2D eigenvalue weighted by molar-refractivity contribution is 0.0591. The summed E-state index contributed by atoms with van der Waals surface area (Å²) in [7, 11) is 4.15. The van der Waals surface area contributed by atoms with Crippen molar-refractivity contribution in [2.24, 2.45) is 13.0 Å². The van der Waals surface area contributed by atoms with Gasteiger partial charge in [-0.05, 0) is 52.7 Å². The van der Waals surface area contributed by atoms with E-state index in [0.29, 0.717) is 18.0 Å². The number of hydrogen-bond acceptors (Lipinski definition) is 3. The number of hydrogen-bond donors (Lipinski definition) is 1. The van der Waals surface area contributed by atoms with E-state index in [4.69, 9.17) is 0 Å². The molecule has 1 saturated heterocycles. The second-order valence-corrected chi connectivity index (χ2v) is 5.67. The maximum atomic E-state index is 4.30. The molecule has 18 heavy (non-hydrogen) atoms. The summed E-state index contributed by atoms with van der Waals surface area (Å²) in [6.45, 7) is 6.88. The Morgan fingerprint density at radius 2 is 2.28 bits per heavy atom. The second-order valence-electron chi connectivity index (χ2n) is 5.67. The van der Waals surface area contributed by atoms with Gasteiger partial charge in [0.2, 0.25) is 0 Å². The van der Waals surface area contributed by atoms with Crippen molar-refractivity contribution in [2.75, 3.05) is 20.1 Å².